The number of aromatic nitrogens is 1. The van der Waals surface area contributed by atoms with Crippen LogP contribution in [0.25, 0.3) is 11.1 Å². The summed E-state index contributed by atoms with van der Waals surface area (Å²) in [7, 11) is 2.05. The number of benzene rings is 1. The lowest BCUT2D eigenvalue weighted by molar-refractivity contribution is 0.307. The van der Waals surface area contributed by atoms with Crippen LogP contribution in [0.1, 0.15) is 24.3 Å². The van der Waals surface area contributed by atoms with Crippen molar-refractivity contribution in [1.82, 2.24) is 10.3 Å². The van der Waals surface area contributed by atoms with Gasteiger partial charge in [-0.3, -0.25) is 4.98 Å². The number of hydrogen-bond donors (Lipinski definition) is 1. The van der Waals surface area contributed by atoms with E-state index in [-0.39, 0.29) is 0 Å². The Morgan fingerprint density at radius 1 is 0.944 bits per heavy atom. The van der Waals surface area contributed by atoms with E-state index in [4.69, 9.17) is 0 Å². The van der Waals surface area contributed by atoms with Crippen LogP contribution in [0.2, 0.25) is 0 Å². The van der Waals surface area contributed by atoms with Crippen LogP contribution in [-0.4, -0.2) is 18.1 Å². The molecule has 0 saturated heterocycles. The van der Waals surface area contributed by atoms with Gasteiger partial charge in [0.2, 0.25) is 0 Å². The molecule has 0 radical (unpaired) electrons. The van der Waals surface area contributed by atoms with Crippen molar-refractivity contribution in [1.29, 1.82) is 0 Å². The maximum Gasteiger partial charge on any atom is 0.0273 e. The molecule has 1 saturated carbocycles. The van der Waals surface area contributed by atoms with Crippen LogP contribution >= 0.6 is 0 Å². The quantitative estimate of drug-likeness (QED) is 0.888. The van der Waals surface area contributed by atoms with Crippen LogP contribution in [0, 0.1) is 0 Å². The summed E-state index contributed by atoms with van der Waals surface area (Å²) in [6, 6.07) is 13.8. The first kappa shape index (κ1) is 11.4. The fourth-order valence-electron chi connectivity index (χ4n) is 2.62. The van der Waals surface area contributed by atoms with E-state index in [1.807, 2.05) is 19.4 Å². The summed E-state index contributed by atoms with van der Waals surface area (Å²) in [5.41, 5.74) is 3.98. The van der Waals surface area contributed by atoms with Gasteiger partial charge >= 0.3 is 0 Å². The zero-order valence-electron chi connectivity index (χ0n) is 10.6. The van der Waals surface area contributed by atoms with Gasteiger partial charge in [-0.15, -0.1) is 0 Å². The summed E-state index contributed by atoms with van der Waals surface area (Å²) in [6.45, 7) is 0. The molecule has 0 unspecified atom stereocenters. The minimum absolute atomic E-state index is 0.717. The van der Waals surface area contributed by atoms with Gasteiger partial charge in [-0.1, -0.05) is 24.3 Å². The fraction of sp³-hybridized carbons (Fsp3) is 0.312. The molecule has 0 amide bonds. The van der Waals surface area contributed by atoms with Gasteiger partial charge in [0.15, 0.2) is 0 Å². The van der Waals surface area contributed by atoms with Gasteiger partial charge in [-0.25, -0.2) is 0 Å². The molecule has 1 aliphatic rings. The maximum atomic E-state index is 4.05. The minimum Gasteiger partial charge on any atom is -0.317 e. The van der Waals surface area contributed by atoms with Gasteiger partial charge in [0.05, 0.1) is 0 Å². The highest BCUT2D eigenvalue weighted by Crippen LogP contribution is 2.37. The van der Waals surface area contributed by atoms with E-state index >= 15 is 0 Å². The molecule has 1 heterocycles. The summed E-state index contributed by atoms with van der Waals surface area (Å²) in [5, 5.41) is 3.33. The Morgan fingerprint density at radius 2 is 1.56 bits per heavy atom. The predicted molar refractivity (Wildman–Crippen MR) is 74.5 cm³/mol. The fourth-order valence-corrected chi connectivity index (χ4v) is 2.62. The Labute approximate surface area is 108 Å². The lowest BCUT2D eigenvalue weighted by Gasteiger charge is -2.35. The molecular weight excluding hydrogens is 220 g/mol. The van der Waals surface area contributed by atoms with Gasteiger partial charge in [0.1, 0.15) is 0 Å². The molecule has 0 aliphatic heterocycles. The second-order valence-electron chi connectivity index (χ2n) is 5.01. The summed E-state index contributed by atoms with van der Waals surface area (Å²) in [5.74, 6) is 0.744. The average Bonchev–Trinajstić information content (AvgIpc) is 2.39. The molecule has 1 aliphatic carbocycles. The Balaban J connectivity index is 1.74. The molecule has 1 aromatic carbocycles. The van der Waals surface area contributed by atoms with Crippen LogP contribution in [0.15, 0.2) is 48.8 Å². The smallest absolute Gasteiger partial charge is 0.0273 e. The third-order valence-corrected chi connectivity index (χ3v) is 3.94. The van der Waals surface area contributed by atoms with Gasteiger partial charge in [-0.05, 0) is 54.6 Å². The zero-order chi connectivity index (χ0) is 12.4. The Bertz CT molecular complexity index is 498. The highest BCUT2D eigenvalue weighted by molar-refractivity contribution is 5.63. The van der Waals surface area contributed by atoms with Gasteiger partial charge in [-0.2, -0.15) is 0 Å². The van der Waals surface area contributed by atoms with Gasteiger partial charge in [0.25, 0.3) is 0 Å². The lowest BCUT2D eigenvalue weighted by Crippen LogP contribution is -2.37. The molecule has 1 fully saturated rings. The largest absolute Gasteiger partial charge is 0.317 e. The Morgan fingerprint density at radius 3 is 2.17 bits per heavy atom. The first-order valence-corrected chi connectivity index (χ1v) is 6.54. The number of hydrogen-bond acceptors (Lipinski definition) is 2. The van der Waals surface area contributed by atoms with Crippen LogP contribution in [0.4, 0.5) is 0 Å². The van der Waals surface area contributed by atoms with Crippen molar-refractivity contribution in [2.75, 3.05) is 7.05 Å². The second kappa shape index (κ2) is 4.91. The molecule has 1 aromatic heterocycles. The average molecular weight is 238 g/mol. The van der Waals surface area contributed by atoms with Gasteiger partial charge in [0, 0.05) is 18.4 Å². The van der Waals surface area contributed by atoms with Crippen molar-refractivity contribution in [3.63, 3.8) is 0 Å². The normalized spacial score (nSPS) is 22.5. The van der Waals surface area contributed by atoms with E-state index in [1.54, 1.807) is 0 Å². The Kier molecular flexibility index (Phi) is 3.11. The monoisotopic (exact) mass is 238 g/mol. The molecule has 0 spiro atoms. The zero-order valence-corrected chi connectivity index (χ0v) is 10.6. The SMILES string of the molecule is CNC1CC(c2ccc(-c3ccncc3)cc2)C1. The van der Waals surface area contributed by atoms with E-state index in [0.717, 1.165) is 12.0 Å². The van der Waals surface area contributed by atoms with E-state index < -0.39 is 0 Å². The van der Waals surface area contributed by atoms with Gasteiger partial charge < -0.3 is 5.32 Å². The van der Waals surface area contributed by atoms with Crippen molar-refractivity contribution in [2.45, 2.75) is 24.8 Å². The first-order chi connectivity index (χ1) is 8.86. The van der Waals surface area contributed by atoms with Crippen LogP contribution in [0.5, 0.6) is 0 Å². The van der Waals surface area contributed by atoms with Crippen LogP contribution in [-0.2, 0) is 0 Å². The van der Waals surface area contributed by atoms with E-state index in [0.29, 0.717) is 0 Å². The molecule has 2 heteroatoms. The topological polar surface area (TPSA) is 24.9 Å². The highest BCUT2D eigenvalue weighted by atomic mass is 14.9. The second-order valence-corrected chi connectivity index (χ2v) is 5.01. The van der Waals surface area contributed by atoms with Crippen molar-refractivity contribution in [2.24, 2.45) is 0 Å². The first-order valence-electron chi connectivity index (χ1n) is 6.54. The summed E-state index contributed by atoms with van der Waals surface area (Å²) in [6.07, 6.45) is 6.22. The van der Waals surface area contributed by atoms with Crippen molar-refractivity contribution < 1.29 is 0 Å². The molecular formula is C16H18N2. The number of pyridine rings is 1. The molecule has 0 bridgehead atoms. The third kappa shape index (κ3) is 2.16. The molecule has 3 rings (SSSR count). The number of rotatable bonds is 3. The number of nitrogens with one attached hydrogen (secondary N) is 1. The highest BCUT2D eigenvalue weighted by Gasteiger charge is 2.28. The Hall–Kier alpha value is -1.67. The van der Waals surface area contributed by atoms with Crippen molar-refractivity contribution in [3.05, 3.63) is 54.4 Å². The third-order valence-electron chi connectivity index (χ3n) is 3.94. The lowest BCUT2D eigenvalue weighted by atomic mass is 9.76. The van der Waals surface area contributed by atoms with Crippen molar-refractivity contribution >= 4 is 0 Å². The van der Waals surface area contributed by atoms with Crippen LogP contribution in [0.3, 0.4) is 0 Å². The molecule has 2 aromatic rings. The summed E-state index contributed by atoms with van der Waals surface area (Å²) in [4.78, 5) is 4.05. The standard InChI is InChI=1S/C16H18N2/c1-17-16-10-15(11-16)13-4-2-12(3-5-13)14-6-8-18-9-7-14/h2-9,15-17H,10-11H2,1H3. The van der Waals surface area contributed by atoms with Crippen molar-refractivity contribution in [3.8, 4) is 11.1 Å². The van der Waals surface area contributed by atoms with Crippen LogP contribution < -0.4 is 5.32 Å². The summed E-state index contributed by atoms with van der Waals surface area (Å²) < 4.78 is 0. The van der Waals surface area contributed by atoms with E-state index in [2.05, 4.69) is 46.7 Å². The minimum atomic E-state index is 0.717. The number of nitrogens with zero attached hydrogens (tertiary/aromatic N) is 1. The van der Waals surface area contributed by atoms with E-state index in [9.17, 15) is 0 Å². The predicted octanol–water partition coefficient (Wildman–Crippen LogP) is 3.21. The molecule has 2 nitrogen and oxygen atoms in total. The molecule has 0 atom stereocenters. The van der Waals surface area contributed by atoms with E-state index in [1.165, 1.54) is 29.5 Å². The molecule has 18 heavy (non-hydrogen) atoms. The molecule has 92 valence electrons. The summed E-state index contributed by atoms with van der Waals surface area (Å²) >= 11 is 0. The maximum absolute atomic E-state index is 4.05. The molecule has 1 N–H and O–H groups in total.